The number of nitrogens with one attached hydrogen (secondary N) is 2. The van der Waals surface area contributed by atoms with Gasteiger partial charge in [0.1, 0.15) is 5.82 Å². The van der Waals surface area contributed by atoms with Crippen LogP contribution in [-0.4, -0.2) is 15.9 Å². The molecule has 0 aliphatic carbocycles. The number of aromatic nitrogens is 2. The Hall–Kier alpha value is -2.95. The van der Waals surface area contributed by atoms with Gasteiger partial charge in [0, 0.05) is 11.6 Å². The Morgan fingerprint density at radius 3 is 2.71 bits per heavy atom. The number of benzene rings is 2. The van der Waals surface area contributed by atoms with Crippen molar-refractivity contribution in [2.24, 2.45) is 0 Å². The first-order valence-electron chi connectivity index (χ1n) is 6.41. The Balaban J connectivity index is 1.73. The van der Waals surface area contributed by atoms with Crippen molar-refractivity contribution in [3.63, 3.8) is 0 Å². The van der Waals surface area contributed by atoms with E-state index in [1.54, 1.807) is 18.2 Å². The number of amides is 1. The molecule has 3 rings (SSSR count). The molecule has 0 spiro atoms. The fourth-order valence-corrected chi connectivity index (χ4v) is 1.95. The normalized spacial score (nSPS) is 11.1. The number of carbonyl (C=O) groups is 1. The minimum Gasteiger partial charge on any atom is -0.324 e. The lowest BCUT2D eigenvalue weighted by molar-refractivity contribution is -0.111. The molecule has 1 amide bonds. The highest BCUT2D eigenvalue weighted by Gasteiger charge is 2.04. The molecule has 0 fully saturated rings. The largest absolute Gasteiger partial charge is 0.324 e. The summed E-state index contributed by atoms with van der Waals surface area (Å²) in [5, 5.41) is 2.61. The minimum atomic E-state index is -0.377. The van der Waals surface area contributed by atoms with Gasteiger partial charge in [-0.3, -0.25) is 10.1 Å². The van der Waals surface area contributed by atoms with Crippen molar-refractivity contribution in [2.75, 3.05) is 5.32 Å². The van der Waals surface area contributed by atoms with Gasteiger partial charge in [-0.2, -0.15) is 0 Å². The second-order valence-corrected chi connectivity index (χ2v) is 4.45. The zero-order valence-corrected chi connectivity index (χ0v) is 11.0. The molecule has 4 nitrogen and oxygen atoms in total. The van der Waals surface area contributed by atoms with E-state index in [1.807, 2.05) is 24.3 Å². The molecule has 0 saturated carbocycles. The second-order valence-electron chi connectivity index (χ2n) is 4.45. The van der Waals surface area contributed by atoms with Gasteiger partial charge in [-0.25, -0.2) is 9.37 Å². The predicted octanol–water partition coefficient (Wildman–Crippen LogP) is 3.35. The first kappa shape index (κ1) is 13.1. The van der Waals surface area contributed by atoms with Gasteiger partial charge in [0.2, 0.25) is 5.95 Å². The Bertz CT molecular complexity index is 790. The van der Waals surface area contributed by atoms with E-state index in [0.29, 0.717) is 11.5 Å². The van der Waals surface area contributed by atoms with Crippen molar-refractivity contribution < 1.29 is 9.18 Å². The van der Waals surface area contributed by atoms with Crippen LogP contribution < -0.4 is 5.32 Å². The number of fused-ring (bicyclic) bond motifs is 1. The maximum Gasteiger partial charge on any atom is 0.250 e. The van der Waals surface area contributed by atoms with Crippen LogP contribution in [0.25, 0.3) is 17.1 Å². The summed E-state index contributed by atoms with van der Waals surface area (Å²) >= 11 is 0. The average molecular weight is 281 g/mol. The van der Waals surface area contributed by atoms with Crippen LogP contribution in [0.15, 0.2) is 54.6 Å². The van der Waals surface area contributed by atoms with Crippen LogP contribution in [-0.2, 0) is 4.79 Å². The first-order chi connectivity index (χ1) is 10.2. The van der Waals surface area contributed by atoms with Gasteiger partial charge in [-0.15, -0.1) is 0 Å². The summed E-state index contributed by atoms with van der Waals surface area (Å²) in [5.74, 6) is -0.387. The van der Waals surface area contributed by atoms with Crippen LogP contribution in [0, 0.1) is 5.82 Å². The molecule has 2 aromatic carbocycles. The number of aromatic amines is 1. The number of hydrogen-bond donors (Lipinski definition) is 2. The number of anilines is 1. The number of carbonyl (C=O) groups excluding carboxylic acids is 1. The summed E-state index contributed by atoms with van der Waals surface area (Å²) in [5.41, 5.74) is 1.97. The molecule has 5 heteroatoms. The van der Waals surface area contributed by atoms with Crippen LogP contribution in [0.3, 0.4) is 0 Å². The summed E-state index contributed by atoms with van der Waals surface area (Å²) in [7, 11) is 0. The van der Waals surface area contributed by atoms with Gasteiger partial charge in [0.15, 0.2) is 0 Å². The lowest BCUT2D eigenvalue weighted by Gasteiger charge is -1.97. The van der Waals surface area contributed by atoms with Gasteiger partial charge >= 0.3 is 0 Å². The molecule has 0 aliphatic rings. The zero-order valence-electron chi connectivity index (χ0n) is 11.0. The Morgan fingerprint density at radius 1 is 1.14 bits per heavy atom. The highest BCUT2D eigenvalue weighted by Crippen LogP contribution is 2.13. The van der Waals surface area contributed by atoms with Crippen LogP contribution in [0.2, 0.25) is 0 Å². The smallest absolute Gasteiger partial charge is 0.250 e. The van der Waals surface area contributed by atoms with Crippen molar-refractivity contribution in [1.82, 2.24) is 9.97 Å². The Labute approximate surface area is 120 Å². The van der Waals surface area contributed by atoms with Gasteiger partial charge in [-0.05, 0) is 24.3 Å². The summed E-state index contributed by atoms with van der Waals surface area (Å²) in [6, 6.07) is 13.7. The molecule has 21 heavy (non-hydrogen) atoms. The molecule has 0 radical (unpaired) electrons. The topological polar surface area (TPSA) is 57.8 Å². The Kier molecular flexibility index (Phi) is 3.47. The van der Waals surface area contributed by atoms with Crippen molar-refractivity contribution in [3.8, 4) is 0 Å². The monoisotopic (exact) mass is 281 g/mol. The van der Waals surface area contributed by atoms with Crippen LogP contribution in [0.1, 0.15) is 5.56 Å². The zero-order chi connectivity index (χ0) is 14.7. The third-order valence-corrected chi connectivity index (χ3v) is 2.95. The number of nitrogens with zero attached hydrogens (tertiary/aromatic N) is 1. The lowest BCUT2D eigenvalue weighted by atomic mass is 10.2. The summed E-state index contributed by atoms with van der Waals surface area (Å²) in [6.45, 7) is 0. The fourth-order valence-electron chi connectivity index (χ4n) is 1.95. The van der Waals surface area contributed by atoms with E-state index in [2.05, 4.69) is 15.3 Å². The fraction of sp³-hybridized carbons (Fsp3) is 0. The number of rotatable bonds is 3. The Morgan fingerprint density at radius 2 is 1.90 bits per heavy atom. The van der Waals surface area contributed by atoms with E-state index in [0.717, 1.165) is 11.0 Å². The summed E-state index contributed by atoms with van der Waals surface area (Å²) < 4.78 is 13.4. The van der Waals surface area contributed by atoms with E-state index in [1.165, 1.54) is 18.2 Å². The number of hydrogen-bond acceptors (Lipinski definition) is 2. The third-order valence-electron chi connectivity index (χ3n) is 2.95. The number of para-hydroxylation sites is 2. The van der Waals surface area contributed by atoms with Crippen molar-refractivity contribution >= 4 is 29.0 Å². The molecule has 0 unspecified atom stereocenters. The molecule has 1 heterocycles. The molecule has 0 aliphatic heterocycles. The molecule has 2 N–H and O–H groups in total. The third kappa shape index (κ3) is 2.97. The van der Waals surface area contributed by atoms with E-state index in [-0.39, 0.29) is 11.7 Å². The highest BCUT2D eigenvalue weighted by atomic mass is 19.1. The molecule has 0 atom stereocenters. The first-order valence-corrected chi connectivity index (χ1v) is 6.41. The molecule has 1 aromatic heterocycles. The summed E-state index contributed by atoms with van der Waals surface area (Å²) in [4.78, 5) is 19.0. The predicted molar refractivity (Wildman–Crippen MR) is 80.2 cm³/mol. The van der Waals surface area contributed by atoms with Gasteiger partial charge in [0.25, 0.3) is 5.91 Å². The summed E-state index contributed by atoms with van der Waals surface area (Å²) in [6.07, 6.45) is 2.69. The van der Waals surface area contributed by atoms with Crippen LogP contribution in [0.4, 0.5) is 10.3 Å². The molecular weight excluding hydrogens is 269 g/mol. The standard InChI is InChI=1S/C16H12FN3O/c17-12-6-2-1-5-11(12)9-10-15(21)20-16-18-13-7-3-4-8-14(13)19-16/h1-10H,(H2,18,19,20,21)/b10-9+. The van der Waals surface area contributed by atoms with E-state index in [4.69, 9.17) is 0 Å². The maximum atomic E-state index is 13.4. The minimum absolute atomic E-state index is 0.359. The second kappa shape index (κ2) is 5.58. The highest BCUT2D eigenvalue weighted by molar-refractivity contribution is 6.01. The van der Waals surface area contributed by atoms with Gasteiger partial charge < -0.3 is 4.98 Å². The molecule has 0 bridgehead atoms. The molecule has 104 valence electrons. The van der Waals surface area contributed by atoms with E-state index < -0.39 is 0 Å². The number of imidazole rings is 1. The average Bonchev–Trinajstić information content (AvgIpc) is 2.88. The number of halogens is 1. The maximum absolute atomic E-state index is 13.4. The van der Waals surface area contributed by atoms with Crippen LogP contribution >= 0.6 is 0 Å². The van der Waals surface area contributed by atoms with Crippen molar-refractivity contribution in [3.05, 3.63) is 66.0 Å². The van der Waals surface area contributed by atoms with Crippen molar-refractivity contribution in [1.29, 1.82) is 0 Å². The molecule has 3 aromatic rings. The number of H-pyrrole nitrogens is 1. The van der Waals surface area contributed by atoms with Gasteiger partial charge in [-0.1, -0.05) is 30.3 Å². The van der Waals surface area contributed by atoms with Crippen LogP contribution in [0.5, 0.6) is 0 Å². The van der Waals surface area contributed by atoms with Gasteiger partial charge in [0.05, 0.1) is 11.0 Å². The van der Waals surface area contributed by atoms with Crippen molar-refractivity contribution in [2.45, 2.75) is 0 Å². The van der Waals surface area contributed by atoms with E-state index in [9.17, 15) is 9.18 Å². The molecular formula is C16H12FN3O. The SMILES string of the molecule is O=C(/C=C/c1ccccc1F)Nc1nc2ccccc2[nH]1. The quantitative estimate of drug-likeness (QED) is 0.723. The molecule has 0 saturated heterocycles. The lowest BCUT2D eigenvalue weighted by Crippen LogP contribution is -2.08. The van der Waals surface area contributed by atoms with E-state index >= 15 is 0 Å².